The minimum absolute atomic E-state index is 0.632. The van der Waals surface area contributed by atoms with E-state index in [0.717, 1.165) is 18.5 Å². The Kier molecular flexibility index (Phi) is 4.89. The molecule has 0 heterocycles. The molecule has 0 saturated carbocycles. The average molecular weight is 221 g/mol. The van der Waals surface area contributed by atoms with Gasteiger partial charge >= 0.3 is 0 Å². The van der Waals surface area contributed by atoms with Crippen LogP contribution in [0.2, 0.25) is 5.02 Å². The molecule has 0 amide bonds. The van der Waals surface area contributed by atoms with E-state index in [1.165, 1.54) is 0 Å². The zero-order valence-corrected chi connectivity index (χ0v) is 9.38. The predicted molar refractivity (Wildman–Crippen MR) is 63.7 cm³/mol. The predicted octanol–water partition coefficient (Wildman–Crippen LogP) is 2.83. The van der Waals surface area contributed by atoms with Crippen LogP contribution >= 0.6 is 11.6 Å². The van der Waals surface area contributed by atoms with Crippen LogP contribution in [0.3, 0.4) is 0 Å². The topological polar surface area (TPSA) is 35.8 Å². The van der Waals surface area contributed by atoms with Crippen LogP contribution in [0.25, 0.3) is 6.08 Å². The number of nitriles is 1. The number of rotatable bonds is 4. The highest BCUT2D eigenvalue weighted by molar-refractivity contribution is 6.32. The maximum atomic E-state index is 8.74. The maximum absolute atomic E-state index is 8.74. The van der Waals surface area contributed by atoms with Gasteiger partial charge in [0.1, 0.15) is 0 Å². The zero-order valence-electron chi connectivity index (χ0n) is 8.63. The lowest BCUT2D eigenvalue weighted by molar-refractivity contribution is 0.809. The van der Waals surface area contributed by atoms with Gasteiger partial charge in [-0.25, -0.2) is 0 Å². The molecule has 0 unspecified atom stereocenters. The monoisotopic (exact) mass is 220 g/mol. The molecule has 1 aromatic rings. The van der Waals surface area contributed by atoms with Crippen molar-refractivity contribution in [2.45, 2.75) is 6.42 Å². The van der Waals surface area contributed by atoms with E-state index in [0.29, 0.717) is 10.6 Å². The van der Waals surface area contributed by atoms with Gasteiger partial charge in [0.15, 0.2) is 0 Å². The molecule has 3 heteroatoms. The van der Waals surface area contributed by atoms with Crippen LogP contribution in [0.1, 0.15) is 17.5 Å². The highest BCUT2D eigenvalue weighted by Crippen LogP contribution is 2.18. The highest BCUT2D eigenvalue weighted by Gasteiger charge is 1.97. The van der Waals surface area contributed by atoms with Crippen LogP contribution in [-0.4, -0.2) is 13.6 Å². The third kappa shape index (κ3) is 3.75. The van der Waals surface area contributed by atoms with Crippen molar-refractivity contribution in [2.75, 3.05) is 13.6 Å². The van der Waals surface area contributed by atoms with Crippen molar-refractivity contribution in [3.63, 3.8) is 0 Å². The van der Waals surface area contributed by atoms with E-state index in [1.807, 2.05) is 19.2 Å². The summed E-state index contributed by atoms with van der Waals surface area (Å²) in [7, 11) is 1.91. The summed E-state index contributed by atoms with van der Waals surface area (Å²) in [6, 6.07) is 7.34. The highest BCUT2D eigenvalue weighted by atomic mass is 35.5. The quantitative estimate of drug-likeness (QED) is 0.793. The number of hydrogen-bond acceptors (Lipinski definition) is 2. The Labute approximate surface area is 95.2 Å². The second kappa shape index (κ2) is 6.23. The molecule has 0 radical (unpaired) electrons. The third-order valence-corrected chi connectivity index (χ3v) is 2.33. The Morgan fingerprint density at radius 3 is 3.00 bits per heavy atom. The van der Waals surface area contributed by atoms with E-state index in [4.69, 9.17) is 16.9 Å². The summed E-state index contributed by atoms with van der Waals surface area (Å²) in [5.74, 6) is 0. The van der Waals surface area contributed by atoms with Gasteiger partial charge in [0.05, 0.1) is 11.6 Å². The summed E-state index contributed by atoms with van der Waals surface area (Å²) >= 11 is 5.99. The molecule has 78 valence electrons. The molecule has 0 spiro atoms. The first kappa shape index (κ1) is 11.8. The molecule has 15 heavy (non-hydrogen) atoms. The van der Waals surface area contributed by atoms with E-state index in [1.54, 1.807) is 18.2 Å². The fraction of sp³-hybridized carbons (Fsp3) is 0.250. The molecule has 2 nitrogen and oxygen atoms in total. The second-order valence-corrected chi connectivity index (χ2v) is 3.55. The fourth-order valence-corrected chi connectivity index (χ4v) is 1.36. The molecular weight excluding hydrogens is 208 g/mol. The Balaban J connectivity index is 2.76. The summed E-state index contributed by atoms with van der Waals surface area (Å²) in [6.45, 7) is 0.937. The Hall–Kier alpha value is -1.30. The van der Waals surface area contributed by atoms with Crippen LogP contribution in [0.15, 0.2) is 24.3 Å². The van der Waals surface area contributed by atoms with Crippen LogP contribution < -0.4 is 5.32 Å². The SMILES string of the molecule is CNCCC=Cc1cc(C#N)ccc1Cl. The number of nitrogens with zero attached hydrogens (tertiary/aromatic N) is 1. The van der Waals surface area contributed by atoms with Crippen LogP contribution in [-0.2, 0) is 0 Å². The molecule has 0 atom stereocenters. The molecular formula is C12H13ClN2. The van der Waals surface area contributed by atoms with Crippen molar-refractivity contribution in [3.05, 3.63) is 40.4 Å². The Bertz CT molecular complexity index is 391. The van der Waals surface area contributed by atoms with Crippen molar-refractivity contribution < 1.29 is 0 Å². The van der Waals surface area contributed by atoms with Gasteiger partial charge in [-0.3, -0.25) is 0 Å². The minimum Gasteiger partial charge on any atom is -0.319 e. The van der Waals surface area contributed by atoms with E-state index in [2.05, 4.69) is 11.4 Å². The van der Waals surface area contributed by atoms with E-state index < -0.39 is 0 Å². The zero-order chi connectivity index (χ0) is 11.1. The Morgan fingerprint density at radius 2 is 2.33 bits per heavy atom. The van der Waals surface area contributed by atoms with Crippen molar-refractivity contribution in [2.24, 2.45) is 0 Å². The summed E-state index contributed by atoms with van der Waals surface area (Å²) < 4.78 is 0. The van der Waals surface area contributed by atoms with Crippen molar-refractivity contribution >= 4 is 17.7 Å². The van der Waals surface area contributed by atoms with Crippen LogP contribution in [0, 0.1) is 11.3 Å². The van der Waals surface area contributed by atoms with Gasteiger partial charge < -0.3 is 5.32 Å². The first-order valence-corrected chi connectivity index (χ1v) is 5.16. The molecule has 0 aliphatic rings. The van der Waals surface area contributed by atoms with Crippen molar-refractivity contribution in [1.82, 2.24) is 5.32 Å². The van der Waals surface area contributed by atoms with E-state index in [-0.39, 0.29) is 0 Å². The largest absolute Gasteiger partial charge is 0.319 e. The first-order valence-electron chi connectivity index (χ1n) is 4.78. The molecule has 0 fully saturated rings. The van der Waals surface area contributed by atoms with E-state index in [9.17, 15) is 0 Å². The van der Waals surface area contributed by atoms with Crippen LogP contribution in [0.5, 0.6) is 0 Å². The Morgan fingerprint density at radius 1 is 1.53 bits per heavy atom. The lowest BCUT2D eigenvalue weighted by Crippen LogP contribution is -2.05. The first-order chi connectivity index (χ1) is 7.27. The summed E-state index contributed by atoms with van der Waals surface area (Å²) in [6.07, 6.45) is 4.93. The fourth-order valence-electron chi connectivity index (χ4n) is 1.18. The van der Waals surface area contributed by atoms with E-state index >= 15 is 0 Å². The molecule has 0 aliphatic carbocycles. The van der Waals surface area contributed by atoms with Gasteiger partial charge in [-0.2, -0.15) is 5.26 Å². The normalized spacial score (nSPS) is 10.5. The van der Waals surface area contributed by atoms with Crippen molar-refractivity contribution in [1.29, 1.82) is 5.26 Å². The second-order valence-electron chi connectivity index (χ2n) is 3.14. The molecule has 0 aliphatic heterocycles. The lowest BCUT2D eigenvalue weighted by Gasteiger charge is -1.98. The number of benzene rings is 1. The molecule has 0 saturated heterocycles. The third-order valence-electron chi connectivity index (χ3n) is 1.98. The smallest absolute Gasteiger partial charge is 0.0991 e. The summed E-state index contributed by atoms with van der Waals surface area (Å²) in [4.78, 5) is 0. The number of halogens is 1. The maximum Gasteiger partial charge on any atom is 0.0991 e. The lowest BCUT2D eigenvalue weighted by atomic mass is 10.1. The molecule has 0 bridgehead atoms. The van der Waals surface area contributed by atoms with Gasteiger partial charge in [0, 0.05) is 5.02 Å². The van der Waals surface area contributed by atoms with Gasteiger partial charge in [-0.05, 0) is 43.8 Å². The van der Waals surface area contributed by atoms with Crippen molar-refractivity contribution in [3.8, 4) is 6.07 Å². The minimum atomic E-state index is 0.632. The number of nitrogens with one attached hydrogen (secondary N) is 1. The standard InChI is InChI=1S/C12H13ClN2/c1-15-7-3-2-4-11-8-10(9-14)5-6-12(11)13/h2,4-6,8,15H,3,7H2,1H3. The van der Waals surface area contributed by atoms with Gasteiger partial charge in [0.25, 0.3) is 0 Å². The molecule has 1 aromatic carbocycles. The van der Waals surface area contributed by atoms with Crippen LogP contribution in [0.4, 0.5) is 0 Å². The van der Waals surface area contributed by atoms with Gasteiger partial charge in [0.2, 0.25) is 0 Å². The summed E-state index contributed by atoms with van der Waals surface area (Å²) in [5, 5.41) is 12.5. The molecule has 1 N–H and O–H groups in total. The average Bonchev–Trinajstić information content (AvgIpc) is 2.26. The molecule has 0 aromatic heterocycles. The number of hydrogen-bond donors (Lipinski definition) is 1. The molecule has 1 rings (SSSR count). The van der Waals surface area contributed by atoms with Gasteiger partial charge in [-0.15, -0.1) is 0 Å². The van der Waals surface area contributed by atoms with Gasteiger partial charge in [-0.1, -0.05) is 23.8 Å². The summed E-state index contributed by atoms with van der Waals surface area (Å²) in [5.41, 5.74) is 1.53.